The summed E-state index contributed by atoms with van der Waals surface area (Å²) in [5, 5.41) is 14.3. The molecule has 3 aromatic rings. The predicted octanol–water partition coefficient (Wildman–Crippen LogP) is 3.77. The molecule has 1 amide bonds. The van der Waals surface area contributed by atoms with Crippen molar-refractivity contribution < 1.29 is 14.6 Å². The highest BCUT2D eigenvalue weighted by Crippen LogP contribution is 2.36. The molecule has 1 aliphatic rings. The van der Waals surface area contributed by atoms with E-state index in [-0.39, 0.29) is 11.7 Å². The van der Waals surface area contributed by atoms with Crippen molar-refractivity contribution in [1.82, 2.24) is 15.2 Å². The van der Waals surface area contributed by atoms with Crippen LogP contribution in [0.5, 0.6) is 5.75 Å². The molecule has 1 aliphatic heterocycles. The SMILES string of the molecule is O=C(NCCCN1CCOCC1)c1ccc2nc(-c3cc(Cl)ccc3O)sc2c1. The Bertz CT molecular complexity index is 1020. The Balaban J connectivity index is 1.40. The van der Waals surface area contributed by atoms with E-state index in [4.69, 9.17) is 16.3 Å². The van der Waals surface area contributed by atoms with Crippen molar-refractivity contribution in [2.24, 2.45) is 0 Å². The van der Waals surface area contributed by atoms with Crippen LogP contribution in [-0.4, -0.2) is 60.3 Å². The van der Waals surface area contributed by atoms with Gasteiger partial charge in [0.25, 0.3) is 5.91 Å². The summed E-state index contributed by atoms with van der Waals surface area (Å²) in [4.78, 5) is 19.4. The number of hydrogen-bond acceptors (Lipinski definition) is 6. The number of nitrogens with zero attached hydrogens (tertiary/aromatic N) is 2. The Hall–Kier alpha value is -2.19. The Morgan fingerprint density at radius 1 is 1.24 bits per heavy atom. The second-order valence-electron chi connectivity index (χ2n) is 6.93. The van der Waals surface area contributed by atoms with Crippen molar-refractivity contribution in [2.45, 2.75) is 6.42 Å². The van der Waals surface area contributed by atoms with Gasteiger partial charge in [-0.05, 0) is 49.4 Å². The molecule has 0 radical (unpaired) electrons. The number of amides is 1. The third-order valence-electron chi connectivity index (χ3n) is 4.88. The highest BCUT2D eigenvalue weighted by Gasteiger charge is 2.14. The number of aromatic hydroxyl groups is 1. The number of fused-ring (bicyclic) bond motifs is 1. The molecule has 0 bridgehead atoms. The van der Waals surface area contributed by atoms with E-state index in [0.717, 1.165) is 49.5 Å². The number of carbonyl (C=O) groups is 1. The molecule has 0 aliphatic carbocycles. The average molecular weight is 432 g/mol. The fraction of sp³-hybridized carbons (Fsp3) is 0.333. The molecule has 6 nitrogen and oxygen atoms in total. The number of halogens is 1. The van der Waals surface area contributed by atoms with Gasteiger partial charge in [-0.1, -0.05) is 11.6 Å². The lowest BCUT2D eigenvalue weighted by atomic mass is 10.2. The molecule has 0 atom stereocenters. The van der Waals surface area contributed by atoms with Gasteiger partial charge in [0.1, 0.15) is 10.8 Å². The smallest absolute Gasteiger partial charge is 0.251 e. The zero-order valence-electron chi connectivity index (χ0n) is 15.9. The first-order valence-electron chi connectivity index (χ1n) is 9.58. The normalized spacial score (nSPS) is 14.9. The van der Waals surface area contributed by atoms with E-state index >= 15 is 0 Å². The van der Waals surface area contributed by atoms with Crippen LogP contribution in [0.25, 0.3) is 20.8 Å². The minimum absolute atomic E-state index is 0.0885. The average Bonchev–Trinajstić information content (AvgIpc) is 3.16. The molecular formula is C21H22ClN3O3S. The summed E-state index contributed by atoms with van der Waals surface area (Å²) >= 11 is 7.47. The van der Waals surface area contributed by atoms with Crippen molar-refractivity contribution in [1.29, 1.82) is 0 Å². The number of hydrogen-bond donors (Lipinski definition) is 2. The Kier molecular flexibility index (Phi) is 6.30. The largest absolute Gasteiger partial charge is 0.507 e. The van der Waals surface area contributed by atoms with E-state index in [9.17, 15) is 9.90 Å². The summed E-state index contributed by atoms with van der Waals surface area (Å²) < 4.78 is 6.23. The van der Waals surface area contributed by atoms with Crippen molar-refractivity contribution >= 4 is 39.1 Å². The van der Waals surface area contributed by atoms with Crippen LogP contribution in [0.15, 0.2) is 36.4 Å². The fourth-order valence-electron chi connectivity index (χ4n) is 3.29. The van der Waals surface area contributed by atoms with Crippen LogP contribution in [0.2, 0.25) is 5.02 Å². The van der Waals surface area contributed by atoms with E-state index in [1.807, 2.05) is 12.1 Å². The predicted molar refractivity (Wildman–Crippen MR) is 116 cm³/mol. The van der Waals surface area contributed by atoms with E-state index in [1.165, 1.54) is 11.3 Å². The molecule has 152 valence electrons. The molecule has 2 N–H and O–H groups in total. The van der Waals surface area contributed by atoms with Gasteiger partial charge in [-0.3, -0.25) is 9.69 Å². The molecule has 2 aromatic carbocycles. The second-order valence-corrected chi connectivity index (χ2v) is 8.39. The van der Waals surface area contributed by atoms with Crippen LogP contribution < -0.4 is 5.32 Å². The number of phenolic OH excluding ortho intramolecular Hbond substituents is 1. The van der Waals surface area contributed by atoms with E-state index in [2.05, 4.69) is 15.2 Å². The Morgan fingerprint density at radius 2 is 2.07 bits per heavy atom. The highest BCUT2D eigenvalue weighted by molar-refractivity contribution is 7.21. The quantitative estimate of drug-likeness (QED) is 0.581. The van der Waals surface area contributed by atoms with Crippen molar-refractivity contribution in [2.75, 3.05) is 39.4 Å². The number of carbonyl (C=O) groups excluding carboxylic acids is 1. The second kappa shape index (κ2) is 9.09. The number of morpholine rings is 1. The summed E-state index contributed by atoms with van der Waals surface area (Å²) in [6.07, 6.45) is 0.909. The zero-order valence-corrected chi connectivity index (χ0v) is 17.4. The van der Waals surface area contributed by atoms with Gasteiger partial charge in [0, 0.05) is 30.2 Å². The van der Waals surface area contributed by atoms with Crippen LogP contribution in [0, 0.1) is 0 Å². The van der Waals surface area contributed by atoms with Crippen LogP contribution >= 0.6 is 22.9 Å². The lowest BCUT2D eigenvalue weighted by molar-refractivity contribution is 0.0374. The van der Waals surface area contributed by atoms with Gasteiger partial charge in [0.15, 0.2) is 0 Å². The maximum atomic E-state index is 12.5. The van der Waals surface area contributed by atoms with E-state index in [0.29, 0.717) is 27.7 Å². The maximum Gasteiger partial charge on any atom is 0.251 e. The number of benzene rings is 2. The van der Waals surface area contributed by atoms with Crippen LogP contribution in [0.3, 0.4) is 0 Å². The molecule has 1 aromatic heterocycles. The van der Waals surface area contributed by atoms with Crippen LogP contribution in [-0.2, 0) is 4.74 Å². The number of thiazole rings is 1. The van der Waals surface area contributed by atoms with Gasteiger partial charge in [0.05, 0.1) is 29.0 Å². The van der Waals surface area contributed by atoms with Gasteiger partial charge in [-0.2, -0.15) is 0 Å². The van der Waals surface area contributed by atoms with Gasteiger partial charge in [-0.15, -0.1) is 11.3 Å². The Morgan fingerprint density at radius 3 is 2.90 bits per heavy atom. The molecule has 29 heavy (non-hydrogen) atoms. The monoisotopic (exact) mass is 431 g/mol. The topological polar surface area (TPSA) is 74.7 Å². The van der Waals surface area contributed by atoms with Gasteiger partial charge < -0.3 is 15.2 Å². The first kappa shape index (κ1) is 20.1. The number of rotatable bonds is 6. The van der Waals surface area contributed by atoms with Gasteiger partial charge >= 0.3 is 0 Å². The number of aromatic nitrogens is 1. The number of phenols is 1. The summed E-state index contributed by atoms with van der Waals surface area (Å²) in [6, 6.07) is 10.3. The van der Waals surface area contributed by atoms with Crippen molar-refractivity contribution in [3.63, 3.8) is 0 Å². The summed E-state index contributed by atoms with van der Waals surface area (Å²) in [7, 11) is 0. The number of ether oxygens (including phenoxy) is 1. The third-order valence-corrected chi connectivity index (χ3v) is 6.17. The molecule has 2 heterocycles. The molecule has 0 unspecified atom stereocenters. The minimum atomic E-state index is -0.0885. The molecule has 1 saturated heterocycles. The van der Waals surface area contributed by atoms with Gasteiger partial charge in [0.2, 0.25) is 0 Å². The highest BCUT2D eigenvalue weighted by atomic mass is 35.5. The summed E-state index contributed by atoms with van der Waals surface area (Å²) in [5.41, 5.74) is 1.98. The molecule has 8 heteroatoms. The van der Waals surface area contributed by atoms with E-state index in [1.54, 1.807) is 24.3 Å². The molecule has 1 fully saturated rings. The first-order chi connectivity index (χ1) is 14.1. The summed E-state index contributed by atoms with van der Waals surface area (Å²) in [6.45, 7) is 5.09. The molecule has 4 rings (SSSR count). The van der Waals surface area contributed by atoms with Crippen LogP contribution in [0.1, 0.15) is 16.8 Å². The molecule has 0 saturated carbocycles. The van der Waals surface area contributed by atoms with Crippen molar-refractivity contribution in [3.8, 4) is 16.3 Å². The fourth-order valence-corrected chi connectivity index (χ4v) is 4.49. The van der Waals surface area contributed by atoms with Crippen molar-refractivity contribution in [3.05, 3.63) is 47.0 Å². The van der Waals surface area contributed by atoms with E-state index < -0.39 is 0 Å². The minimum Gasteiger partial charge on any atom is -0.507 e. The molecule has 0 spiro atoms. The lowest BCUT2D eigenvalue weighted by Crippen LogP contribution is -2.38. The van der Waals surface area contributed by atoms with Gasteiger partial charge in [-0.25, -0.2) is 4.98 Å². The third kappa shape index (κ3) is 4.87. The molecular weight excluding hydrogens is 410 g/mol. The zero-order chi connectivity index (χ0) is 20.2. The lowest BCUT2D eigenvalue weighted by Gasteiger charge is -2.26. The summed E-state index contributed by atoms with van der Waals surface area (Å²) in [5.74, 6) is 0.0427. The number of nitrogens with one attached hydrogen (secondary N) is 1. The first-order valence-corrected chi connectivity index (χ1v) is 10.8. The standard InChI is InChI=1S/C21H22ClN3O3S/c22-15-3-5-18(26)16(13-15)21-24-17-4-2-14(12-19(17)29-21)20(27)23-6-1-7-25-8-10-28-11-9-25/h2-5,12-13,26H,1,6-11H2,(H,23,27). The van der Waals surface area contributed by atoms with Crippen LogP contribution in [0.4, 0.5) is 0 Å². The maximum absolute atomic E-state index is 12.5. The Labute approximate surface area is 178 Å².